The number of anilines is 1. The first-order valence-corrected chi connectivity index (χ1v) is 10.2. The summed E-state index contributed by atoms with van der Waals surface area (Å²) in [6.07, 6.45) is 1.31. The first-order valence-electron chi connectivity index (χ1n) is 10.2. The van der Waals surface area contributed by atoms with E-state index < -0.39 is 17.5 Å². The predicted molar refractivity (Wildman–Crippen MR) is 111 cm³/mol. The minimum absolute atomic E-state index is 0.131. The van der Waals surface area contributed by atoms with E-state index in [0.717, 1.165) is 0 Å². The van der Waals surface area contributed by atoms with Crippen molar-refractivity contribution in [2.45, 2.75) is 38.8 Å². The summed E-state index contributed by atoms with van der Waals surface area (Å²) in [7, 11) is 0. The second-order valence-corrected chi connectivity index (χ2v) is 8.75. The van der Waals surface area contributed by atoms with Crippen molar-refractivity contribution in [2.75, 3.05) is 18.1 Å². The Morgan fingerprint density at radius 3 is 2.72 bits per heavy atom. The third-order valence-electron chi connectivity index (χ3n) is 5.40. The van der Waals surface area contributed by atoms with Crippen LogP contribution in [0.25, 0.3) is 5.65 Å². The maximum atomic E-state index is 15.1. The van der Waals surface area contributed by atoms with Gasteiger partial charge >= 0.3 is 6.09 Å². The Kier molecular flexibility index (Phi) is 4.54. The summed E-state index contributed by atoms with van der Waals surface area (Å²) in [5, 5.41) is 7.89. The van der Waals surface area contributed by atoms with Gasteiger partial charge in [0.1, 0.15) is 23.5 Å². The SMILES string of the molecule is CC(C)(C)OC(=O)N1Cc2c(F)ccc3c2[C@H](CO3)COc2cc(C=O)c3nncn3c21. The molecule has 2 aliphatic rings. The van der Waals surface area contributed by atoms with Crippen LogP contribution in [0.15, 0.2) is 24.5 Å². The zero-order chi connectivity index (χ0) is 22.6. The zero-order valence-electron chi connectivity index (χ0n) is 17.8. The van der Waals surface area contributed by atoms with Crippen LogP contribution in [0.4, 0.5) is 15.0 Å². The summed E-state index contributed by atoms with van der Waals surface area (Å²) in [5.41, 5.74) is 0.692. The Labute approximate surface area is 182 Å². The molecular formula is C22H21FN4O5. The molecule has 0 saturated carbocycles. The van der Waals surface area contributed by atoms with Gasteiger partial charge in [-0.15, -0.1) is 10.2 Å². The lowest BCUT2D eigenvalue weighted by Gasteiger charge is -2.29. The van der Waals surface area contributed by atoms with Gasteiger partial charge in [-0.05, 0) is 39.0 Å². The number of nitrogens with zero attached hydrogens (tertiary/aromatic N) is 4. The highest BCUT2D eigenvalue weighted by molar-refractivity contribution is 5.92. The van der Waals surface area contributed by atoms with Gasteiger partial charge in [-0.25, -0.2) is 9.18 Å². The lowest BCUT2D eigenvalue weighted by Crippen LogP contribution is -2.38. The number of carbonyl (C=O) groups excluding carboxylic acids is 2. The molecule has 166 valence electrons. The monoisotopic (exact) mass is 440 g/mol. The molecule has 4 heterocycles. The van der Waals surface area contributed by atoms with Crippen LogP contribution >= 0.6 is 0 Å². The molecule has 0 bridgehead atoms. The van der Waals surface area contributed by atoms with Crippen molar-refractivity contribution in [3.8, 4) is 11.5 Å². The van der Waals surface area contributed by atoms with Gasteiger partial charge in [0, 0.05) is 11.1 Å². The topological polar surface area (TPSA) is 95.3 Å². The quantitative estimate of drug-likeness (QED) is 0.535. The van der Waals surface area contributed by atoms with E-state index in [-0.39, 0.29) is 41.8 Å². The van der Waals surface area contributed by atoms with Gasteiger partial charge in [0.05, 0.1) is 31.2 Å². The molecule has 9 nitrogen and oxygen atoms in total. The number of halogens is 1. The van der Waals surface area contributed by atoms with Crippen LogP contribution in [0.5, 0.6) is 11.5 Å². The molecule has 5 rings (SSSR count). The lowest BCUT2D eigenvalue weighted by atomic mass is 9.95. The number of amides is 1. The van der Waals surface area contributed by atoms with E-state index in [2.05, 4.69) is 10.2 Å². The van der Waals surface area contributed by atoms with Crippen molar-refractivity contribution >= 4 is 23.8 Å². The average Bonchev–Trinajstić information content (AvgIpc) is 3.37. The molecule has 1 atom stereocenters. The molecule has 2 aliphatic heterocycles. The molecular weight excluding hydrogens is 419 g/mol. The third kappa shape index (κ3) is 3.22. The number of benzene rings is 1. The number of hydrogen-bond acceptors (Lipinski definition) is 7. The van der Waals surface area contributed by atoms with Crippen molar-refractivity contribution in [2.24, 2.45) is 0 Å². The lowest BCUT2D eigenvalue weighted by molar-refractivity contribution is 0.0574. The molecule has 0 aliphatic carbocycles. The van der Waals surface area contributed by atoms with E-state index in [0.29, 0.717) is 29.8 Å². The summed E-state index contributed by atoms with van der Waals surface area (Å²) in [6, 6.07) is 4.42. The summed E-state index contributed by atoms with van der Waals surface area (Å²) in [4.78, 5) is 26.3. The van der Waals surface area contributed by atoms with Crippen molar-refractivity contribution in [3.63, 3.8) is 0 Å². The highest BCUT2D eigenvalue weighted by atomic mass is 19.1. The van der Waals surface area contributed by atoms with Crippen LogP contribution in [0, 0.1) is 5.82 Å². The summed E-state index contributed by atoms with van der Waals surface area (Å²) in [5.74, 6) is 0.377. The summed E-state index contributed by atoms with van der Waals surface area (Å²) < 4.78 is 34.0. The Morgan fingerprint density at radius 1 is 1.25 bits per heavy atom. The number of hydrogen-bond donors (Lipinski definition) is 0. The summed E-state index contributed by atoms with van der Waals surface area (Å²) in [6.45, 7) is 5.59. The summed E-state index contributed by atoms with van der Waals surface area (Å²) >= 11 is 0. The van der Waals surface area contributed by atoms with Crippen LogP contribution in [0.1, 0.15) is 48.2 Å². The maximum Gasteiger partial charge on any atom is 0.416 e. The highest BCUT2D eigenvalue weighted by Crippen LogP contribution is 2.42. The fourth-order valence-corrected chi connectivity index (χ4v) is 4.08. The Hall–Kier alpha value is -3.69. The first kappa shape index (κ1) is 20.2. The Balaban J connectivity index is 1.76. The van der Waals surface area contributed by atoms with E-state index >= 15 is 4.39 Å². The second kappa shape index (κ2) is 7.18. The van der Waals surface area contributed by atoms with E-state index in [1.807, 2.05) is 0 Å². The third-order valence-corrected chi connectivity index (χ3v) is 5.40. The number of fused-ring (bicyclic) bond motifs is 3. The number of rotatable bonds is 1. The van der Waals surface area contributed by atoms with E-state index in [1.54, 1.807) is 26.8 Å². The fourth-order valence-electron chi connectivity index (χ4n) is 4.08. The number of ether oxygens (including phenoxy) is 3. The van der Waals surface area contributed by atoms with Crippen LogP contribution in [0.3, 0.4) is 0 Å². The van der Waals surface area contributed by atoms with Gasteiger partial charge in [0.25, 0.3) is 0 Å². The first-order chi connectivity index (χ1) is 15.3. The molecule has 0 saturated heterocycles. The molecule has 0 N–H and O–H groups in total. The van der Waals surface area contributed by atoms with Gasteiger partial charge < -0.3 is 14.2 Å². The average molecular weight is 440 g/mol. The molecule has 0 radical (unpaired) electrons. The minimum Gasteiger partial charge on any atom is -0.493 e. The van der Waals surface area contributed by atoms with E-state index in [9.17, 15) is 9.59 Å². The van der Waals surface area contributed by atoms with Crippen molar-refractivity contribution in [1.29, 1.82) is 0 Å². The Morgan fingerprint density at radius 2 is 2.00 bits per heavy atom. The Bertz CT molecular complexity index is 1250. The predicted octanol–water partition coefficient (Wildman–Crippen LogP) is 3.49. The molecule has 2 aromatic heterocycles. The van der Waals surface area contributed by atoms with Crippen LogP contribution in [-0.4, -0.2) is 45.8 Å². The van der Waals surface area contributed by atoms with E-state index in [4.69, 9.17) is 14.2 Å². The molecule has 1 aromatic carbocycles. The molecule has 32 heavy (non-hydrogen) atoms. The van der Waals surface area contributed by atoms with Crippen molar-refractivity contribution in [1.82, 2.24) is 14.6 Å². The zero-order valence-corrected chi connectivity index (χ0v) is 17.8. The van der Waals surface area contributed by atoms with E-state index in [1.165, 1.54) is 27.8 Å². The number of carbonyl (C=O) groups is 2. The molecule has 3 aromatic rings. The molecule has 0 fully saturated rings. The second-order valence-electron chi connectivity index (χ2n) is 8.75. The van der Waals surface area contributed by atoms with Gasteiger partial charge in [0.2, 0.25) is 0 Å². The minimum atomic E-state index is -0.797. The van der Waals surface area contributed by atoms with Gasteiger partial charge in [0.15, 0.2) is 23.5 Å². The molecule has 1 amide bonds. The van der Waals surface area contributed by atoms with Crippen LogP contribution < -0.4 is 14.4 Å². The largest absolute Gasteiger partial charge is 0.493 e. The van der Waals surface area contributed by atoms with Gasteiger partial charge in [-0.3, -0.25) is 14.1 Å². The van der Waals surface area contributed by atoms with Crippen LogP contribution in [0.2, 0.25) is 0 Å². The highest BCUT2D eigenvalue weighted by Gasteiger charge is 2.36. The number of pyridine rings is 1. The number of aromatic nitrogens is 3. The fraction of sp³-hybridized carbons (Fsp3) is 0.364. The molecule has 10 heteroatoms. The van der Waals surface area contributed by atoms with Crippen LogP contribution in [-0.2, 0) is 11.3 Å². The molecule has 0 unspecified atom stereocenters. The standard InChI is InChI=1S/C22H21FN4O5/c1-22(2,3)32-21(29)26-7-14-15(23)4-5-16-18(14)13(9-30-16)10-31-17-6-12(8-28)19-25-24-11-27(19)20(17)26/h4-6,8,11,13H,7,9-10H2,1-3H3/t13-/m1/s1. The molecule has 0 spiro atoms. The van der Waals surface area contributed by atoms with Crippen molar-refractivity contribution < 1.29 is 28.2 Å². The smallest absolute Gasteiger partial charge is 0.416 e. The number of aldehydes is 1. The maximum absolute atomic E-state index is 15.1. The normalized spacial score (nSPS) is 17.4. The van der Waals surface area contributed by atoms with Gasteiger partial charge in [-0.2, -0.15) is 0 Å². The van der Waals surface area contributed by atoms with Crippen molar-refractivity contribution in [3.05, 3.63) is 47.0 Å². The van der Waals surface area contributed by atoms with Gasteiger partial charge in [-0.1, -0.05) is 0 Å².